The Bertz CT molecular complexity index is 1560. The van der Waals surface area contributed by atoms with E-state index in [0.717, 1.165) is 32.1 Å². The fourth-order valence-electron chi connectivity index (χ4n) is 13.2. The fourth-order valence-corrected chi connectivity index (χ4v) is 13.2. The molecule has 0 spiro atoms. The number of pyridine rings is 2. The van der Waals surface area contributed by atoms with Crippen LogP contribution in [0.4, 0.5) is 0 Å². The Hall–Kier alpha value is -3.02. The van der Waals surface area contributed by atoms with E-state index in [1.54, 1.807) is 49.1 Å². The monoisotopic (exact) mass is 652 g/mol. The van der Waals surface area contributed by atoms with Crippen LogP contribution in [0.1, 0.15) is 126 Å². The molecular weight excluding hydrogens is 596 g/mol. The molecule has 6 heteroatoms. The van der Waals surface area contributed by atoms with E-state index in [1.807, 2.05) is 0 Å². The van der Waals surface area contributed by atoms with E-state index in [4.69, 9.17) is 9.47 Å². The highest BCUT2D eigenvalue weighted by Gasteiger charge is 2.71. The Morgan fingerprint density at radius 3 is 2.12 bits per heavy atom. The molecule has 6 nitrogen and oxygen atoms in total. The number of ether oxygens (including phenoxy) is 2. The zero-order valence-corrected chi connectivity index (χ0v) is 30.1. The first-order valence-corrected chi connectivity index (χ1v) is 18.6. The van der Waals surface area contributed by atoms with Crippen molar-refractivity contribution in [2.75, 3.05) is 6.61 Å². The quantitative estimate of drug-likeness (QED) is 0.229. The largest absolute Gasteiger partial charge is 0.461 e. The first-order valence-electron chi connectivity index (χ1n) is 18.6. The number of rotatable bonds is 6. The maximum atomic E-state index is 13.2. The summed E-state index contributed by atoms with van der Waals surface area (Å²) in [6.07, 6.45) is 17.9. The Labute approximate surface area is 287 Å². The van der Waals surface area contributed by atoms with Crippen LogP contribution in [0, 0.1) is 56.7 Å². The molecule has 10 atom stereocenters. The molecule has 2 aromatic heterocycles. The van der Waals surface area contributed by atoms with Crippen molar-refractivity contribution in [3.63, 3.8) is 0 Å². The van der Waals surface area contributed by atoms with Crippen LogP contribution in [0.5, 0.6) is 0 Å². The normalized spacial score (nSPS) is 41.1. The van der Waals surface area contributed by atoms with Gasteiger partial charge in [-0.2, -0.15) is 0 Å². The average Bonchev–Trinajstić information content (AvgIpc) is 3.46. The van der Waals surface area contributed by atoms with Gasteiger partial charge in [0.1, 0.15) is 6.10 Å². The molecule has 5 fully saturated rings. The van der Waals surface area contributed by atoms with Gasteiger partial charge in [0.25, 0.3) is 0 Å². The SMILES string of the molecule is C=C(C)[C@@H]1CC[C@]2(COC(=O)c3cccnc3)CC[C@]3(C)[C@H](CC[C@@H]4[C@@]5(C)CC[C@H](OC(=O)c6cccnc6)C(C)(C)[C@@H]5CC[C@]43C)[C@@H]12. The summed E-state index contributed by atoms with van der Waals surface area (Å²) >= 11 is 0. The summed E-state index contributed by atoms with van der Waals surface area (Å²) in [5.41, 5.74) is 2.88. The van der Waals surface area contributed by atoms with E-state index < -0.39 is 0 Å². The highest BCUT2D eigenvalue weighted by Crippen LogP contribution is 2.77. The smallest absolute Gasteiger partial charge is 0.339 e. The van der Waals surface area contributed by atoms with Crippen molar-refractivity contribution in [3.05, 3.63) is 72.3 Å². The van der Waals surface area contributed by atoms with E-state index in [9.17, 15) is 9.59 Å². The van der Waals surface area contributed by atoms with Gasteiger partial charge in [0.2, 0.25) is 0 Å². The maximum absolute atomic E-state index is 13.2. The number of carbonyl (C=O) groups is 2. The highest BCUT2D eigenvalue weighted by molar-refractivity contribution is 5.89. The van der Waals surface area contributed by atoms with Gasteiger partial charge >= 0.3 is 11.9 Å². The van der Waals surface area contributed by atoms with Gasteiger partial charge in [0.05, 0.1) is 17.7 Å². The minimum Gasteiger partial charge on any atom is -0.461 e. The van der Waals surface area contributed by atoms with Gasteiger partial charge in [0, 0.05) is 35.6 Å². The van der Waals surface area contributed by atoms with E-state index in [-0.39, 0.29) is 45.1 Å². The zero-order valence-electron chi connectivity index (χ0n) is 30.1. The number of hydrogen-bond donors (Lipinski definition) is 0. The van der Waals surface area contributed by atoms with Crippen LogP contribution >= 0.6 is 0 Å². The number of carbonyl (C=O) groups excluding carboxylic acids is 2. The second-order valence-electron chi connectivity index (χ2n) is 17.9. The van der Waals surface area contributed by atoms with Crippen LogP contribution in [0.15, 0.2) is 61.2 Å². The molecule has 0 amide bonds. The average molecular weight is 653 g/mol. The molecule has 48 heavy (non-hydrogen) atoms. The van der Waals surface area contributed by atoms with Gasteiger partial charge in [-0.1, -0.05) is 46.8 Å². The fraction of sp³-hybridized carbons (Fsp3) is 0.667. The molecule has 0 saturated heterocycles. The molecule has 0 aliphatic heterocycles. The third-order valence-corrected chi connectivity index (χ3v) is 15.7. The van der Waals surface area contributed by atoms with Gasteiger partial charge < -0.3 is 9.47 Å². The second kappa shape index (κ2) is 11.8. The van der Waals surface area contributed by atoms with Crippen molar-refractivity contribution in [3.8, 4) is 0 Å². The molecule has 5 saturated carbocycles. The molecule has 0 unspecified atom stereocenters. The number of allylic oxidation sites excluding steroid dienone is 1. The van der Waals surface area contributed by atoms with Crippen molar-refractivity contribution in [2.24, 2.45) is 56.7 Å². The third kappa shape index (κ3) is 4.93. The van der Waals surface area contributed by atoms with Crippen molar-refractivity contribution in [1.29, 1.82) is 0 Å². The molecule has 7 rings (SSSR count). The van der Waals surface area contributed by atoms with Crippen LogP contribution in [0.3, 0.4) is 0 Å². The summed E-state index contributed by atoms with van der Waals surface area (Å²) in [5.74, 6) is 2.15. The first-order chi connectivity index (χ1) is 22.8. The van der Waals surface area contributed by atoms with Crippen LogP contribution in [-0.2, 0) is 9.47 Å². The lowest BCUT2D eigenvalue weighted by molar-refractivity contribution is -0.249. The van der Waals surface area contributed by atoms with Gasteiger partial charge in [-0.15, -0.1) is 0 Å². The van der Waals surface area contributed by atoms with Crippen molar-refractivity contribution >= 4 is 11.9 Å². The number of nitrogens with zero attached hydrogens (tertiary/aromatic N) is 2. The Kier molecular flexibility index (Phi) is 8.23. The standard InChI is InChI=1S/C42H56N2O4/c1-27(2)30-14-19-42(26-47-36(45)28-10-8-22-43-24-28)21-20-40(6)31(35(30)42)12-13-33-39(5)17-16-34(48-37(46)29-11-9-23-44-25-29)38(3,4)32(39)15-18-41(33,40)7/h8-11,22-25,30-35H,1,12-21,26H2,2-7H3/t30-,31+,32-,33+,34-,35+,39-,40+,41+,42+/m0/s1. The first kappa shape index (κ1) is 33.5. The molecule has 0 bridgehead atoms. The second-order valence-corrected chi connectivity index (χ2v) is 17.9. The van der Waals surface area contributed by atoms with Crippen molar-refractivity contribution in [1.82, 2.24) is 9.97 Å². The highest BCUT2D eigenvalue weighted by atomic mass is 16.5. The lowest BCUT2D eigenvalue weighted by atomic mass is 9.32. The van der Waals surface area contributed by atoms with Gasteiger partial charge in [-0.05, 0) is 141 Å². The van der Waals surface area contributed by atoms with Crippen molar-refractivity contribution < 1.29 is 19.1 Å². The minimum atomic E-state index is -0.255. The van der Waals surface area contributed by atoms with Gasteiger partial charge in [-0.3, -0.25) is 9.97 Å². The van der Waals surface area contributed by atoms with E-state index in [1.165, 1.54) is 37.7 Å². The van der Waals surface area contributed by atoms with Crippen LogP contribution in [-0.4, -0.2) is 34.6 Å². The third-order valence-electron chi connectivity index (χ3n) is 15.7. The van der Waals surface area contributed by atoms with Gasteiger partial charge in [-0.25, -0.2) is 9.59 Å². The number of esters is 2. The Morgan fingerprint density at radius 1 is 0.792 bits per heavy atom. The molecule has 0 radical (unpaired) electrons. The molecule has 2 aromatic rings. The summed E-state index contributed by atoms with van der Waals surface area (Å²) in [4.78, 5) is 34.6. The zero-order chi connectivity index (χ0) is 34.1. The molecule has 5 aliphatic carbocycles. The van der Waals surface area contributed by atoms with E-state index in [0.29, 0.717) is 47.3 Å². The molecule has 2 heterocycles. The van der Waals surface area contributed by atoms with Crippen LogP contribution in [0.2, 0.25) is 0 Å². The number of fused-ring (bicyclic) bond motifs is 7. The van der Waals surface area contributed by atoms with E-state index in [2.05, 4.69) is 58.1 Å². The maximum Gasteiger partial charge on any atom is 0.339 e. The molecular formula is C42H56N2O4. The number of aromatic nitrogens is 2. The predicted molar refractivity (Wildman–Crippen MR) is 187 cm³/mol. The van der Waals surface area contributed by atoms with Crippen molar-refractivity contribution in [2.45, 2.75) is 112 Å². The predicted octanol–water partition coefficient (Wildman–Crippen LogP) is 9.52. The van der Waals surface area contributed by atoms with Gasteiger partial charge in [0.15, 0.2) is 0 Å². The van der Waals surface area contributed by atoms with Crippen LogP contribution in [0.25, 0.3) is 0 Å². The van der Waals surface area contributed by atoms with E-state index >= 15 is 0 Å². The summed E-state index contributed by atoms with van der Waals surface area (Å²) in [6, 6.07) is 7.19. The molecule has 0 aromatic carbocycles. The summed E-state index contributed by atoms with van der Waals surface area (Å²) in [5, 5.41) is 0. The summed E-state index contributed by atoms with van der Waals surface area (Å²) < 4.78 is 12.5. The minimum absolute atomic E-state index is 0.00810. The molecule has 258 valence electrons. The van der Waals surface area contributed by atoms with Crippen LogP contribution < -0.4 is 0 Å². The summed E-state index contributed by atoms with van der Waals surface area (Å²) in [7, 11) is 0. The molecule has 0 N–H and O–H groups in total. The topological polar surface area (TPSA) is 78.4 Å². The summed E-state index contributed by atoms with van der Waals surface area (Å²) in [6.45, 7) is 19.9. The lowest BCUT2D eigenvalue weighted by Gasteiger charge is -2.73. The lowest BCUT2D eigenvalue weighted by Crippen LogP contribution is -2.67. The Balaban J connectivity index is 1.14. The Morgan fingerprint density at radius 2 is 1.48 bits per heavy atom. The number of hydrogen-bond acceptors (Lipinski definition) is 6. The molecule has 5 aliphatic rings.